The molecule has 1 aromatic carbocycles. The molecule has 2 N–H and O–H groups in total. The minimum atomic E-state index is -1.02. The lowest BCUT2D eigenvalue weighted by atomic mass is 10.3. The van der Waals surface area contributed by atoms with Crippen LogP contribution in [-0.4, -0.2) is 19.3 Å². The van der Waals surface area contributed by atoms with E-state index in [-0.39, 0.29) is 6.61 Å². The van der Waals surface area contributed by atoms with Crippen LogP contribution < -0.4 is 5.73 Å². The molecule has 0 radical (unpaired) electrons. The molecule has 0 unspecified atom stereocenters. The number of anilines is 1. The van der Waals surface area contributed by atoms with Crippen LogP contribution in [0.3, 0.4) is 0 Å². The minimum Gasteiger partial charge on any atom is -0.464 e. The predicted molar refractivity (Wildman–Crippen MR) is 53.5 cm³/mol. The first kappa shape index (κ1) is 12.4. The zero-order chi connectivity index (χ0) is 10.8. The Kier molecular flexibility index (Phi) is 7.13. The Balaban J connectivity index is 0.000000241. The second-order valence-corrected chi connectivity index (χ2v) is 2.35. The number of halogens is 1. The molecule has 3 nitrogen and oxygen atoms in total. The van der Waals surface area contributed by atoms with E-state index in [1.54, 1.807) is 6.92 Å². The van der Waals surface area contributed by atoms with E-state index in [9.17, 15) is 9.18 Å². The molecule has 0 atom stereocenters. The number of benzene rings is 1. The molecule has 0 spiro atoms. The lowest BCUT2D eigenvalue weighted by Crippen LogP contribution is -2.04. The van der Waals surface area contributed by atoms with E-state index in [0.717, 1.165) is 5.69 Å². The van der Waals surface area contributed by atoms with Gasteiger partial charge >= 0.3 is 5.97 Å². The van der Waals surface area contributed by atoms with Crippen LogP contribution in [0.15, 0.2) is 30.3 Å². The Bertz CT molecular complexity index is 252. The molecule has 78 valence electrons. The summed E-state index contributed by atoms with van der Waals surface area (Å²) in [5.74, 6) is -0.789. The lowest BCUT2D eigenvalue weighted by Gasteiger charge is -1.92. The van der Waals surface area contributed by atoms with Gasteiger partial charge in [0.2, 0.25) is 0 Å². The summed E-state index contributed by atoms with van der Waals surface area (Å²) in [7, 11) is 0. The fraction of sp³-hybridized carbons (Fsp3) is 0.300. The monoisotopic (exact) mass is 199 g/mol. The van der Waals surface area contributed by atoms with E-state index in [1.807, 2.05) is 30.3 Å². The third-order valence-electron chi connectivity index (χ3n) is 1.21. The summed E-state index contributed by atoms with van der Waals surface area (Å²) in [5, 5.41) is 0. The summed E-state index contributed by atoms with van der Waals surface area (Å²) in [6.07, 6.45) is 0. The molecule has 0 aliphatic carbocycles. The van der Waals surface area contributed by atoms with Crippen LogP contribution in [-0.2, 0) is 9.53 Å². The Hall–Kier alpha value is -1.58. The normalized spacial score (nSPS) is 8.43. The third kappa shape index (κ3) is 7.09. The molecular weight excluding hydrogens is 185 g/mol. The highest BCUT2D eigenvalue weighted by molar-refractivity contribution is 5.70. The maximum atomic E-state index is 11.1. The fourth-order valence-electron chi connectivity index (χ4n) is 0.653. The molecule has 4 heteroatoms. The smallest absolute Gasteiger partial charge is 0.337 e. The van der Waals surface area contributed by atoms with E-state index in [0.29, 0.717) is 0 Å². The Morgan fingerprint density at radius 2 is 2.00 bits per heavy atom. The average Bonchev–Trinajstić information content (AvgIpc) is 2.20. The van der Waals surface area contributed by atoms with Gasteiger partial charge in [-0.15, -0.1) is 0 Å². The van der Waals surface area contributed by atoms with Crippen molar-refractivity contribution in [1.82, 2.24) is 0 Å². The topological polar surface area (TPSA) is 52.3 Å². The highest BCUT2D eigenvalue weighted by Crippen LogP contribution is 1.95. The number of hydrogen-bond acceptors (Lipinski definition) is 3. The van der Waals surface area contributed by atoms with Crippen molar-refractivity contribution in [2.45, 2.75) is 6.92 Å². The molecule has 1 aromatic rings. The summed E-state index contributed by atoms with van der Waals surface area (Å²) in [6, 6.07) is 9.49. The molecule has 0 saturated heterocycles. The second kappa shape index (κ2) is 8.04. The van der Waals surface area contributed by atoms with Crippen LogP contribution in [0.2, 0.25) is 0 Å². The molecule has 0 heterocycles. The maximum absolute atomic E-state index is 11.1. The number of alkyl halides is 1. The highest BCUT2D eigenvalue weighted by Gasteiger charge is 1.94. The van der Waals surface area contributed by atoms with Crippen molar-refractivity contribution >= 4 is 11.7 Å². The Morgan fingerprint density at radius 3 is 2.21 bits per heavy atom. The van der Waals surface area contributed by atoms with Gasteiger partial charge in [0.25, 0.3) is 0 Å². The van der Waals surface area contributed by atoms with Crippen LogP contribution >= 0.6 is 0 Å². The van der Waals surface area contributed by atoms with Gasteiger partial charge in [0.1, 0.15) is 0 Å². The van der Waals surface area contributed by atoms with Crippen molar-refractivity contribution < 1.29 is 13.9 Å². The largest absolute Gasteiger partial charge is 0.464 e. The second-order valence-electron chi connectivity index (χ2n) is 2.35. The van der Waals surface area contributed by atoms with Crippen molar-refractivity contribution in [3.63, 3.8) is 0 Å². The van der Waals surface area contributed by atoms with Gasteiger partial charge in [-0.3, -0.25) is 0 Å². The minimum absolute atomic E-state index is 0.253. The predicted octanol–water partition coefficient (Wildman–Crippen LogP) is 1.79. The van der Waals surface area contributed by atoms with Gasteiger partial charge in [0.05, 0.1) is 6.61 Å². The lowest BCUT2D eigenvalue weighted by molar-refractivity contribution is -0.144. The molecule has 0 saturated carbocycles. The molecule has 14 heavy (non-hydrogen) atoms. The molecule has 0 amide bonds. The van der Waals surface area contributed by atoms with Gasteiger partial charge in [0, 0.05) is 5.69 Å². The SMILES string of the molecule is CCOC(=O)CF.Nc1ccccc1. The van der Waals surface area contributed by atoms with E-state index in [4.69, 9.17) is 5.73 Å². The first-order valence-corrected chi connectivity index (χ1v) is 4.22. The number of carbonyl (C=O) groups excluding carboxylic acids is 1. The van der Waals surface area contributed by atoms with Crippen LogP contribution in [0.4, 0.5) is 10.1 Å². The first-order chi connectivity index (χ1) is 6.70. The van der Waals surface area contributed by atoms with E-state index >= 15 is 0 Å². The standard InChI is InChI=1S/C6H7N.C4H7FO2/c7-6-4-2-1-3-5-6;1-2-7-4(6)3-5/h1-5H,7H2;2-3H2,1H3. The van der Waals surface area contributed by atoms with Crippen LogP contribution in [0.1, 0.15) is 6.92 Å². The summed E-state index contributed by atoms with van der Waals surface area (Å²) < 4.78 is 15.3. The zero-order valence-electron chi connectivity index (χ0n) is 8.07. The summed E-state index contributed by atoms with van der Waals surface area (Å²) in [4.78, 5) is 9.81. The van der Waals surface area contributed by atoms with Gasteiger partial charge in [-0.2, -0.15) is 0 Å². The molecule has 0 aliphatic rings. The van der Waals surface area contributed by atoms with Crippen LogP contribution in [0.5, 0.6) is 0 Å². The van der Waals surface area contributed by atoms with Crippen LogP contribution in [0.25, 0.3) is 0 Å². The van der Waals surface area contributed by atoms with Crippen molar-refractivity contribution in [3.8, 4) is 0 Å². The molecule has 0 aliphatic heterocycles. The molecular formula is C10H14FNO2. The third-order valence-corrected chi connectivity index (χ3v) is 1.21. The molecule has 0 bridgehead atoms. The fourth-order valence-corrected chi connectivity index (χ4v) is 0.653. The molecule has 0 aromatic heterocycles. The van der Waals surface area contributed by atoms with Crippen LogP contribution in [0, 0.1) is 0 Å². The number of rotatable bonds is 2. The number of nitrogen functional groups attached to an aromatic ring is 1. The van der Waals surface area contributed by atoms with Gasteiger partial charge in [-0.25, -0.2) is 9.18 Å². The van der Waals surface area contributed by atoms with Gasteiger partial charge in [-0.1, -0.05) is 18.2 Å². The van der Waals surface area contributed by atoms with Gasteiger partial charge < -0.3 is 10.5 Å². The average molecular weight is 199 g/mol. The molecule has 0 fully saturated rings. The first-order valence-electron chi connectivity index (χ1n) is 4.22. The van der Waals surface area contributed by atoms with Crippen molar-refractivity contribution in [2.75, 3.05) is 19.0 Å². The number of para-hydroxylation sites is 1. The number of hydrogen-bond donors (Lipinski definition) is 1. The number of nitrogens with two attached hydrogens (primary N) is 1. The van der Waals surface area contributed by atoms with Crippen molar-refractivity contribution in [1.29, 1.82) is 0 Å². The zero-order valence-corrected chi connectivity index (χ0v) is 8.07. The summed E-state index contributed by atoms with van der Waals surface area (Å²) in [5.41, 5.74) is 6.18. The molecule has 1 rings (SSSR count). The number of carbonyl (C=O) groups is 1. The van der Waals surface area contributed by atoms with E-state index in [2.05, 4.69) is 4.74 Å². The highest BCUT2D eigenvalue weighted by atomic mass is 19.1. The van der Waals surface area contributed by atoms with Gasteiger partial charge in [-0.05, 0) is 19.1 Å². The van der Waals surface area contributed by atoms with E-state index in [1.165, 1.54) is 0 Å². The van der Waals surface area contributed by atoms with Crippen molar-refractivity contribution in [2.24, 2.45) is 0 Å². The summed E-state index contributed by atoms with van der Waals surface area (Å²) >= 11 is 0. The van der Waals surface area contributed by atoms with E-state index < -0.39 is 12.6 Å². The Labute approximate surface area is 82.7 Å². The van der Waals surface area contributed by atoms with Crippen molar-refractivity contribution in [3.05, 3.63) is 30.3 Å². The Morgan fingerprint density at radius 1 is 1.43 bits per heavy atom. The van der Waals surface area contributed by atoms with Gasteiger partial charge in [0.15, 0.2) is 6.67 Å². The number of esters is 1. The maximum Gasteiger partial charge on any atom is 0.337 e. The summed E-state index contributed by atoms with van der Waals surface area (Å²) in [6.45, 7) is 0.865. The quantitative estimate of drug-likeness (QED) is 0.583. The number of ether oxygens (including phenoxy) is 1.